The predicted octanol–water partition coefficient (Wildman–Crippen LogP) is 2.28. The van der Waals surface area contributed by atoms with Crippen molar-refractivity contribution < 1.29 is 4.79 Å². The van der Waals surface area contributed by atoms with E-state index in [-0.39, 0.29) is 12.5 Å². The summed E-state index contributed by atoms with van der Waals surface area (Å²) in [5.41, 5.74) is 0.912. The lowest BCUT2D eigenvalue weighted by Crippen LogP contribution is -2.56. The first-order chi connectivity index (χ1) is 12.2. The second kappa shape index (κ2) is 5.93. The first kappa shape index (κ1) is 15.0. The fraction of sp³-hybridized carbons (Fsp3) is 0.579. The lowest BCUT2D eigenvalue weighted by Gasteiger charge is -2.54. The Bertz CT molecular complexity index is 743. The molecular weight excluding hydrogens is 314 g/mol. The molecule has 6 nitrogen and oxygen atoms in total. The van der Waals surface area contributed by atoms with Crippen molar-refractivity contribution in [3.63, 3.8) is 0 Å². The molecule has 25 heavy (non-hydrogen) atoms. The van der Waals surface area contributed by atoms with Crippen molar-refractivity contribution in [2.75, 3.05) is 0 Å². The van der Waals surface area contributed by atoms with E-state index in [1.54, 1.807) is 0 Å². The molecule has 130 valence electrons. The molecule has 4 aliphatic rings. The number of amides is 1. The van der Waals surface area contributed by atoms with Crippen molar-refractivity contribution in [3.8, 4) is 11.4 Å². The Morgan fingerprint density at radius 1 is 1.04 bits per heavy atom. The van der Waals surface area contributed by atoms with Crippen LogP contribution in [0.15, 0.2) is 30.3 Å². The van der Waals surface area contributed by atoms with E-state index >= 15 is 0 Å². The second-order valence-corrected chi connectivity index (χ2v) is 8.03. The Morgan fingerprint density at radius 3 is 2.40 bits per heavy atom. The highest BCUT2D eigenvalue weighted by Gasteiger charge is 2.48. The molecule has 1 aromatic heterocycles. The van der Waals surface area contributed by atoms with Gasteiger partial charge in [0.05, 0.1) is 0 Å². The van der Waals surface area contributed by atoms with Crippen molar-refractivity contribution in [1.82, 2.24) is 25.5 Å². The van der Waals surface area contributed by atoms with E-state index in [4.69, 9.17) is 0 Å². The van der Waals surface area contributed by atoms with Gasteiger partial charge in [-0.1, -0.05) is 30.3 Å². The molecular formula is C19H23N5O. The van der Waals surface area contributed by atoms with Crippen LogP contribution in [0.1, 0.15) is 32.1 Å². The minimum absolute atomic E-state index is 0.00878. The first-order valence-electron chi connectivity index (χ1n) is 9.37. The van der Waals surface area contributed by atoms with Crippen LogP contribution in [0.25, 0.3) is 11.4 Å². The molecule has 4 fully saturated rings. The molecule has 1 aromatic carbocycles. The minimum atomic E-state index is 0.00878. The number of rotatable bonds is 4. The summed E-state index contributed by atoms with van der Waals surface area (Å²) in [4.78, 5) is 13.9. The van der Waals surface area contributed by atoms with Gasteiger partial charge in [-0.3, -0.25) is 4.79 Å². The Labute approximate surface area is 147 Å². The predicted molar refractivity (Wildman–Crippen MR) is 92.2 cm³/mol. The van der Waals surface area contributed by atoms with Gasteiger partial charge >= 0.3 is 0 Å². The van der Waals surface area contributed by atoms with E-state index in [0.29, 0.717) is 23.7 Å². The molecule has 0 atom stereocenters. The maximum atomic E-state index is 12.5. The van der Waals surface area contributed by atoms with Gasteiger partial charge in [-0.2, -0.15) is 4.80 Å². The molecule has 0 radical (unpaired) electrons. The van der Waals surface area contributed by atoms with Gasteiger partial charge in [-0.05, 0) is 61.0 Å². The molecule has 0 saturated heterocycles. The van der Waals surface area contributed by atoms with Crippen molar-refractivity contribution in [3.05, 3.63) is 30.3 Å². The van der Waals surface area contributed by atoms with Crippen LogP contribution < -0.4 is 5.32 Å². The topological polar surface area (TPSA) is 72.7 Å². The Morgan fingerprint density at radius 2 is 1.72 bits per heavy atom. The largest absolute Gasteiger partial charge is 0.351 e. The van der Waals surface area contributed by atoms with E-state index < -0.39 is 0 Å². The number of nitrogens with one attached hydrogen (secondary N) is 1. The number of benzene rings is 1. The molecule has 4 bridgehead atoms. The zero-order valence-electron chi connectivity index (χ0n) is 14.2. The van der Waals surface area contributed by atoms with Crippen LogP contribution in [0, 0.1) is 23.7 Å². The van der Waals surface area contributed by atoms with Gasteiger partial charge in [-0.25, -0.2) is 0 Å². The maximum Gasteiger partial charge on any atom is 0.243 e. The molecule has 6 heteroatoms. The van der Waals surface area contributed by atoms with Gasteiger partial charge in [0.2, 0.25) is 11.7 Å². The lowest BCUT2D eigenvalue weighted by atomic mass is 9.54. The molecule has 6 rings (SSSR count). The molecule has 1 heterocycles. The van der Waals surface area contributed by atoms with Crippen LogP contribution in [0.4, 0.5) is 0 Å². The summed E-state index contributed by atoms with van der Waals surface area (Å²) in [6, 6.07) is 10.1. The third-order valence-corrected chi connectivity index (χ3v) is 6.32. The van der Waals surface area contributed by atoms with Crippen molar-refractivity contribution in [1.29, 1.82) is 0 Å². The molecule has 4 aliphatic carbocycles. The molecule has 0 unspecified atom stereocenters. The van der Waals surface area contributed by atoms with Crippen LogP contribution in [-0.2, 0) is 11.3 Å². The lowest BCUT2D eigenvalue weighted by molar-refractivity contribution is -0.126. The Hall–Kier alpha value is -2.24. The summed E-state index contributed by atoms with van der Waals surface area (Å²) in [6.45, 7) is 0.141. The third kappa shape index (κ3) is 2.83. The van der Waals surface area contributed by atoms with Gasteiger partial charge in [0.15, 0.2) is 0 Å². The Balaban J connectivity index is 1.23. The number of carbonyl (C=O) groups excluding carboxylic acids is 1. The highest BCUT2D eigenvalue weighted by molar-refractivity contribution is 5.76. The SMILES string of the molecule is O=C(Cn1nnc(-c2ccccc2)n1)NC1C2CC3CC(C2)CC1C3. The summed E-state index contributed by atoms with van der Waals surface area (Å²) in [5, 5.41) is 15.7. The number of hydrogen-bond donors (Lipinski definition) is 1. The molecule has 1 N–H and O–H groups in total. The van der Waals surface area contributed by atoms with Gasteiger partial charge in [0.25, 0.3) is 0 Å². The van der Waals surface area contributed by atoms with Crippen LogP contribution in [0.2, 0.25) is 0 Å². The zero-order valence-corrected chi connectivity index (χ0v) is 14.2. The number of nitrogens with zero attached hydrogens (tertiary/aromatic N) is 4. The number of hydrogen-bond acceptors (Lipinski definition) is 4. The standard InChI is InChI=1S/C19H23N5O/c25-17(11-24-22-19(21-23-24)14-4-2-1-3-5-14)20-18-15-7-12-6-13(9-15)10-16(18)8-12/h1-5,12-13,15-16,18H,6-11H2,(H,20,25). The smallest absolute Gasteiger partial charge is 0.243 e. The van der Waals surface area contributed by atoms with E-state index in [9.17, 15) is 4.79 Å². The van der Waals surface area contributed by atoms with Gasteiger partial charge in [0, 0.05) is 11.6 Å². The van der Waals surface area contributed by atoms with Gasteiger partial charge in [-0.15, -0.1) is 10.2 Å². The first-order valence-corrected chi connectivity index (χ1v) is 9.37. The van der Waals surface area contributed by atoms with Crippen LogP contribution in [-0.4, -0.2) is 32.2 Å². The monoisotopic (exact) mass is 337 g/mol. The molecule has 4 saturated carbocycles. The number of carbonyl (C=O) groups is 1. The summed E-state index contributed by atoms with van der Waals surface area (Å²) in [5.74, 6) is 3.77. The summed E-state index contributed by atoms with van der Waals surface area (Å²) in [6.07, 6.45) is 6.64. The van der Waals surface area contributed by atoms with Crippen LogP contribution in [0.5, 0.6) is 0 Å². The highest BCUT2D eigenvalue weighted by Crippen LogP contribution is 2.53. The normalized spacial score (nSPS) is 32.7. The zero-order chi connectivity index (χ0) is 16.8. The average Bonchev–Trinajstić information content (AvgIpc) is 3.07. The van der Waals surface area contributed by atoms with Crippen LogP contribution in [0.3, 0.4) is 0 Å². The molecule has 1 amide bonds. The van der Waals surface area contributed by atoms with Crippen LogP contribution >= 0.6 is 0 Å². The minimum Gasteiger partial charge on any atom is -0.351 e. The third-order valence-electron chi connectivity index (χ3n) is 6.32. The fourth-order valence-electron chi connectivity index (χ4n) is 5.53. The summed E-state index contributed by atoms with van der Waals surface area (Å²) >= 11 is 0. The van der Waals surface area contributed by atoms with Crippen molar-refractivity contribution >= 4 is 5.91 Å². The van der Waals surface area contributed by atoms with Gasteiger partial charge < -0.3 is 5.32 Å². The molecule has 0 spiro atoms. The highest BCUT2D eigenvalue weighted by atomic mass is 16.2. The Kier molecular flexibility index (Phi) is 3.57. The number of tetrazole rings is 1. The van der Waals surface area contributed by atoms with Crippen molar-refractivity contribution in [2.24, 2.45) is 23.7 Å². The van der Waals surface area contributed by atoms with Gasteiger partial charge in [0.1, 0.15) is 6.54 Å². The van der Waals surface area contributed by atoms with Crippen molar-refractivity contribution in [2.45, 2.75) is 44.7 Å². The molecule has 0 aliphatic heterocycles. The number of aromatic nitrogens is 4. The second-order valence-electron chi connectivity index (χ2n) is 8.03. The van der Waals surface area contributed by atoms with E-state index in [1.807, 2.05) is 30.3 Å². The average molecular weight is 337 g/mol. The van der Waals surface area contributed by atoms with E-state index in [2.05, 4.69) is 20.7 Å². The van der Waals surface area contributed by atoms with E-state index in [0.717, 1.165) is 17.4 Å². The quantitative estimate of drug-likeness (QED) is 0.929. The maximum absolute atomic E-state index is 12.5. The summed E-state index contributed by atoms with van der Waals surface area (Å²) < 4.78 is 0. The fourth-order valence-corrected chi connectivity index (χ4v) is 5.53. The van der Waals surface area contributed by atoms with E-state index in [1.165, 1.54) is 36.9 Å². The summed E-state index contributed by atoms with van der Waals surface area (Å²) in [7, 11) is 0. The molecule has 2 aromatic rings.